The molecule has 1 N–H and O–H groups in total. The molecule has 1 aromatic heterocycles. The standard InChI is InChI=1S/C19H18ClFN2O4/c1-3-27-19(25)15(17(24)14-8-9-23-18(20)16(14)21)11-22-10-12-4-6-13(26-2)7-5-12/h4-9,11,24H,3,10H2,1-2H3/b17-15-,22-11?. The number of pyridine rings is 1. The van der Waals surface area contributed by atoms with Gasteiger partial charge < -0.3 is 14.6 Å². The summed E-state index contributed by atoms with van der Waals surface area (Å²) in [5.74, 6) is -1.70. The highest BCUT2D eigenvalue weighted by molar-refractivity contribution is 6.29. The van der Waals surface area contributed by atoms with Crippen molar-refractivity contribution in [3.05, 3.63) is 64.2 Å². The fourth-order valence-corrected chi connectivity index (χ4v) is 2.30. The van der Waals surface area contributed by atoms with E-state index in [1.165, 1.54) is 12.3 Å². The number of carbonyl (C=O) groups is 1. The normalized spacial score (nSPS) is 12.0. The van der Waals surface area contributed by atoms with Crippen LogP contribution in [0.1, 0.15) is 18.1 Å². The molecular weight excluding hydrogens is 375 g/mol. The third-order valence-corrected chi connectivity index (χ3v) is 3.77. The third-order valence-electron chi connectivity index (χ3n) is 3.51. The number of aromatic nitrogens is 1. The zero-order valence-corrected chi connectivity index (χ0v) is 15.5. The van der Waals surface area contributed by atoms with E-state index >= 15 is 0 Å². The summed E-state index contributed by atoms with van der Waals surface area (Å²) in [7, 11) is 1.57. The molecule has 0 aliphatic heterocycles. The number of benzene rings is 1. The summed E-state index contributed by atoms with van der Waals surface area (Å²) in [4.78, 5) is 19.9. The first-order valence-electron chi connectivity index (χ1n) is 8.01. The maximum atomic E-state index is 14.1. The van der Waals surface area contributed by atoms with E-state index in [9.17, 15) is 14.3 Å². The minimum Gasteiger partial charge on any atom is -0.506 e. The molecule has 0 amide bonds. The highest BCUT2D eigenvalue weighted by atomic mass is 35.5. The number of hydrogen-bond acceptors (Lipinski definition) is 6. The molecule has 0 atom stereocenters. The molecule has 0 fully saturated rings. The monoisotopic (exact) mass is 392 g/mol. The van der Waals surface area contributed by atoms with Crippen molar-refractivity contribution in [2.45, 2.75) is 13.5 Å². The van der Waals surface area contributed by atoms with Crippen LogP contribution in [0.25, 0.3) is 5.76 Å². The summed E-state index contributed by atoms with van der Waals surface area (Å²) < 4.78 is 24.1. The average Bonchev–Trinajstić information content (AvgIpc) is 2.67. The Morgan fingerprint density at radius 2 is 2.04 bits per heavy atom. The maximum absolute atomic E-state index is 14.1. The summed E-state index contributed by atoms with van der Waals surface area (Å²) in [6.45, 7) is 1.94. The van der Waals surface area contributed by atoms with Crippen molar-refractivity contribution >= 4 is 29.5 Å². The van der Waals surface area contributed by atoms with Gasteiger partial charge in [-0.2, -0.15) is 0 Å². The number of nitrogens with zero attached hydrogens (tertiary/aromatic N) is 2. The molecule has 0 radical (unpaired) electrons. The molecule has 0 spiro atoms. The van der Waals surface area contributed by atoms with Crippen molar-refractivity contribution in [3.63, 3.8) is 0 Å². The van der Waals surface area contributed by atoms with E-state index in [-0.39, 0.29) is 24.3 Å². The lowest BCUT2D eigenvalue weighted by atomic mass is 10.1. The molecule has 27 heavy (non-hydrogen) atoms. The predicted molar refractivity (Wildman–Crippen MR) is 101 cm³/mol. The van der Waals surface area contributed by atoms with E-state index in [2.05, 4.69) is 9.98 Å². The number of methoxy groups -OCH3 is 1. The second-order valence-corrected chi connectivity index (χ2v) is 5.62. The van der Waals surface area contributed by atoms with Gasteiger partial charge in [-0.25, -0.2) is 14.2 Å². The molecule has 2 aromatic rings. The Labute approximate surface area is 160 Å². The lowest BCUT2D eigenvalue weighted by Crippen LogP contribution is -2.12. The molecular formula is C19H18ClFN2O4. The Hall–Kier alpha value is -2.93. The largest absolute Gasteiger partial charge is 0.506 e. The van der Waals surface area contributed by atoms with Crippen molar-refractivity contribution in [1.29, 1.82) is 0 Å². The van der Waals surface area contributed by atoms with Gasteiger partial charge >= 0.3 is 5.97 Å². The summed E-state index contributed by atoms with van der Waals surface area (Å²) in [6.07, 6.45) is 2.36. The fourth-order valence-electron chi connectivity index (χ4n) is 2.14. The lowest BCUT2D eigenvalue weighted by Gasteiger charge is -2.08. The van der Waals surface area contributed by atoms with Crippen LogP contribution >= 0.6 is 11.6 Å². The number of halogens is 2. The molecule has 2 rings (SSSR count). The van der Waals surface area contributed by atoms with Gasteiger partial charge in [-0.15, -0.1) is 0 Å². The molecule has 6 nitrogen and oxygen atoms in total. The van der Waals surface area contributed by atoms with E-state index in [0.29, 0.717) is 5.75 Å². The molecule has 8 heteroatoms. The topological polar surface area (TPSA) is 81.0 Å². The minimum absolute atomic E-state index is 0.0848. The first-order valence-corrected chi connectivity index (χ1v) is 8.39. The lowest BCUT2D eigenvalue weighted by molar-refractivity contribution is -0.137. The van der Waals surface area contributed by atoms with Gasteiger partial charge in [0.05, 0.1) is 25.8 Å². The van der Waals surface area contributed by atoms with Crippen LogP contribution in [0.5, 0.6) is 5.75 Å². The molecule has 142 valence electrons. The Bertz CT molecular complexity index is 867. The quantitative estimate of drug-likeness (QED) is 0.253. The Morgan fingerprint density at radius 1 is 1.33 bits per heavy atom. The van der Waals surface area contributed by atoms with E-state index in [1.54, 1.807) is 26.2 Å². The third kappa shape index (κ3) is 5.27. The summed E-state index contributed by atoms with van der Waals surface area (Å²) in [5.41, 5.74) is 0.299. The number of aliphatic imine (C=N–C) groups is 1. The molecule has 0 saturated heterocycles. The van der Waals surface area contributed by atoms with Crippen molar-refractivity contribution in [3.8, 4) is 5.75 Å². The average molecular weight is 393 g/mol. The highest BCUT2D eigenvalue weighted by Crippen LogP contribution is 2.23. The predicted octanol–water partition coefficient (Wildman–Crippen LogP) is 3.99. The van der Waals surface area contributed by atoms with Gasteiger partial charge in [0.2, 0.25) is 0 Å². The second kappa shape index (κ2) is 9.68. The molecule has 0 saturated carbocycles. The minimum atomic E-state index is -0.943. The van der Waals surface area contributed by atoms with Gasteiger partial charge in [0.25, 0.3) is 0 Å². The van der Waals surface area contributed by atoms with Crippen LogP contribution in [0.2, 0.25) is 5.15 Å². The highest BCUT2D eigenvalue weighted by Gasteiger charge is 2.20. The number of hydrogen-bond donors (Lipinski definition) is 1. The molecule has 0 aliphatic carbocycles. The van der Waals surface area contributed by atoms with Crippen molar-refractivity contribution in [2.75, 3.05) is 13.7 Å². The molecule has 0 aliphatic rings. The maximum Gasteiger partial charge on any atom is 0.343 e. The first-order chi connectivity index (χ1) is 13.0. The van der Waals surface area contributed by atoms with Crippen LogP contribution < -0.4 is 4.74 Å². The fraction of sp³-hybridized carbons (Fsp3) is 0.211. The number of rotatable bonds is 7. The number of ether oxygens (including phenoxy) is 2. The number of aliphatic hydroxyl groups excluding tert-OH is 1. The van der Waals surface area contributed by atoms with Gasteiger partial charge in [0.15, 0.2) is 11.0 Å². The van der Waals surface area contributed by atoms with Crippen LogP contribution in [-0.2, 0) is 16.1 Å². The zero-order valence-electron chi connectivity index (χ0n) is 14.8. The van der Waals surface area contributed by atoms with Crippen molar-refractivity contribution < 1.29 is 23.8 Å². The molecule has 0 unspecified atom stereocenters. The van der Waals surface area contributed by atoms with Crippen LogP contribution in [0, 0.1) is 5.82 Å². The number of carbonyl (C=O) groups excluding carboxylic acids is 1. The molecule has 1 aromatic carbocycles. The van der Waals surface area contributed by atoms with Gasteiger partial charge in [-0.1, -0.05) is 23.7 Å². The van der Waals surface area contributed by atoms with Crippen molar-refractivity contribution in [2.24, 2.45) is 4.99 Å². The molecule has 1 heterocycles. The van der Waals surface area contributed by atoms with Crippen LogP contribution in [0.3, 0.4) is 0 Å². The van der Waals surface area contributed by atoms with Gasteiger partial charge in [0.1, 0.15) is 17.1 Å². The number of esters is 1. The van der Waals surface area contributed by atoms with Gasteiger partial charge in [-0.3, -0.25) is 4.99 Å². The van der Waals surface area contributed by atoms with E-state index in [1.807, 2.05) is 12.1 Å². The van der Waals surface area contributed by atoms with Crippen molar-refractivity contribution in [1.82, 2.24) is 4.98 Å². The van der Waals surface area contributed by atoms with Gasteiger partial charge in [0, 0.05) is 12.4 Å². The summed E-state index contributed by atoms with van der Waals surface area (Å²) in [5, 5.41) is 9.97. The zero-order chi connectivity index (χ0) is 19.8. The second-order valence-electron chi connectivity index (χ2n) is 5.26. The van der Waals surface area contributed by atoms with Crippen LogP contribution in [0.4, 0.5) is 4.39 Å². The first kappa shape index (κ1) is 20.4. The van der Waals surface area contributed by atoms with E-state index in [0.717, 1.165) is 11.8 Å². The van der Waals surface area contributed by atoms with E-state index < -0.39 is 22.7 Å². The van der Waals surface area contributed by atoms with Crippen LogP contribution in [0.15, 0.2) is 47.1 Å². The van der Waals surface area contributed by atoms with E-state index in [4.69, 9.17) is 21.1 Å². The molecule has 0 bridgehead atoms. The SMILES string of the molecule is CCOC(=O)/C(C=NCc1ccc(OC)cc1)=C(\O)c1ccnc(Cl)c1F. The number of aliphatic hydroxyl groups is 1. The van der Waals surface area contributed by atoms with Gasteiger partial charge in [-0.05, 0) is 30.7 Å². The summed E-state index contributed by atoms with van der Waals surface area (Å²) >= 11 is 5.63. The Kier molecular flexibility index (Phi) is 7.31. The Morgan fingerprint density at radius 3 is 2.67 bits per heavy atom. The smallest absolute Gasteiger partial charge is 0.343 e. The van der Waals surface area contributed by atoms with Crippen LogP contribution in [-0.4, -0.2) is 36.0 Å². The summed E-state index contributed by atoms with van der Waals surface area (Å²) in [6, 6.07) is 8.38. The Balaban J connectivity index is 2.33.